The van der Waals surface area contributed by atoms with Crippen LogP contribution in [-0.2, 0) is 12.7 Å². The molecule has 3 nitrogen and oxygen atoms in total. The number of hydrogen-bond donors (Lipinski definition) is 0. The largest absolute Gasteiger partial charge is 0.432 e. The average molecular weight is 433 g/mol. The lowest BCUT2D eigenvalue weighted by Crippen LogP contribution is -2.14. The van der Waals surface area contributed by atoms with Crippen LogP contribution in [0.2, 0.25) is 0 Å². The maximum absolute atomic E-state index is 13.3. The Morgan fingerprint density at radius 2 is 1.68 bits per heavy atom. The van der Waals surface area contributed by atoms with Crippen LogP contribution in [0.3, 0.4) is 0 Å². The van der Waals surface area contributed by atoms with Crippen LogP contribution in [0.4, 0.5) is 13.2 Å². The minimum Gasteiger partial charge on any atom is -0.321 e. The molecule has 2 aromatic rings. The van der Waals surface area contributed by atoms with Crippen molar-refractivity contribution >= 4 is 31.9 Å². The number of nitrogens with zero attached hydrogens (tertiary/aromatic N) is 3. The van der Waals surface area contributed by atoms with Gasteiger partial charge in [0.05, 0.1) is 21.8 Å². The topological polar surface area (TPSA) is 52.5 Å². The SMILES string of the molecule is N#CCn1c(-c2ccc(Br)cc2)c(C#N)c(Br)c1C(F)(F)F. The fourth-order valence-electron chi connectivity index (χ4n) is 2.10. The van der Waals surface area contributed by atoms with Gasteiger partial charge in [0.1, 0.15) is 18.3 Å². The molecule has 0 aliphatic rings. The van der Waals surface area contributed by atoms with Crippen molar-refractivity contribution in [3.05, 3.63) is 44.5 Å². The zero-order valence-corrected chi connectivity index (χ0v) is 13.9. The van der Waals surface area contributed by atoms with Gasteiger partial charge in [-0.15, -0.1) is 0 Å². The van der Waals surface area contributed by atoms with Crippen LogP contribution < -0.4 is 0 Å². The Morgan fingerprint density at radius 1 is 1.09 bits per heavy atom. The van der Waals surface area contributed by atoms with Gasteiger partial charge in [-0.2, -0.15) is 23.7 Å². The molecule has 1 heterocycles. The summed E-state index contributed by atoms with van der Waals surface area (Å²) < 4.78 is 41.0. The second-order valence-electron chi connectivity index (χ2n) is 4.25. The van der Waals surface area contributed by atoms with Gasteiger partial charge in [0.2, 0.25) is 0 Å². The maximum atomic E-state index is 13.3. The lowest BCUT2D eigenvalue weighted by molar-refractivity contribution is -0.143. The standard InChI is InChI=1S/C14H6Br2F3N3/c15-9-3-1-8(2-4-9)12-10(7-21)11(16)13(14(17,18)19)22(12)6-5-20/h1-4H,6H2. The van der Waals surface area contributed by atoms with Gasteiger partial charge in [-0.3, -0.25) is 0 Å². The highest BCUT2D eigenvalue weighted by molar-refractivity contribution is 9.10. The lowest BCUT2D eigenvalue weighted by atomic mass is 10.1. The van der Waals surface area contributed by atoms with E-state index in [0.717, 1.165) is 9.04 Å². The van der Waals surface area contributed by atoms with Crippen molar-refractivity contribution in [1.29, 1.82) is 10.5 Å². The van der Waals surface area contributed by atoms with E-state index >= 15 is 0 Å². The Balaban J connectivity index is 2.86. The quantitative estimate of drug-likeness (QED) is 0.663. The van der Waals surface area contributed by atoms with Crippen molar-refractivity contribution in [2.45, 2.75) is 12.7 Å². The number of hydrogen-bond acceptors (Lipinski definition) is 2. The van der Waals surface area contributed by atoms with Crippen molar-refractivity contribution < 1.29 is 13.2 Å². The zero-order valence-electron chi connectivity index (χ0n) is 10.7. The summed E-state index contributed by atoms with van der Waals surface area (Å²) in [5.41, 5.74) is -0.699. The van der Waals surface area contributed by atoms with Crippen LogP contribution >= 0.6 is 31.9 Å². The first-order chi connectivity index (χ1) is 10.3. The van der Waals surface area contributed by atoms with E-state index in [0.29, 0.717) is 5.56 Å². The highest BCUT2D eigenvalue weighted by Gasteiger charge is 2.40. The van der Waals surface area contributed by atoms with Crippen LogP contribution in [0.5, 0.6) is 0 Å². The normalized spacial score (nSPS) is 11.0. The summed E-state index contributed by atoms with van der Waals surface area (Å²) in [5, 5.41) is 18.1. The molecule has 0 spiro atoms. The summed E-state index contributed by atoms with van der Waals surface area (Å²) in [4.78, 5) is 0. The van der Waals surface area contributed by atoms with Crippen molar-refractivity contribution in [2.75, 3.05) is 0 Å². The van der Waals surface area contributed by atoms with Gasteiger partial charge >= 0.3 is 6.18 Å². The van der Waals surface area contributed by atoms with Gasteiger partial charge in [0.15, 0.2) is 0 Å². The Hall–Kier alpha value is -1.77. The predicted octanol–water partition coefficient (Wildman–Crippen LogP) is 5.09. The van der Waals surface area contributed by atoms with E-state index in [4.69, 9.17) is 5.26 Å². The maximum Gasteiger partial charge on any atom is 0.432 e. The van der Waals surface area contributed by atoms with Crippen LogP contribution in [0.15, 0.2) is 33.2 Å². The van der Waals surface area contributed by atoms with Crippen LogP contribution in [-0.4, -0.2) is 4.57 Å². The molecule has 0 bridgehead atoms. The first-order valence-corrected chi connectivity index (χ1v) is 7.42. The highest BCUT2D eigenvalue weighted by Crippen LogP contribution is 2.43. The summed E-state index contributed by atoms with van der Waals surface area (Å²) in [7, 11) is 0. The molecule has 1 aromatic heterocycles. The molecule has 0 aliphatic heterocycles. The van der Waals surface area contributed by atoms with Crippen molar-refractivity contribution in [2.24, 2.45) is 0 Å². The Morgan fingerprint density at radius 3 is 2.14 bits per heavy atom. The van der Waals surface area contributed by atoms with Crippen molar-refractivity contribution in [3.8, 4) is 23.4 Å². The number of halogens is 5. The highest BCUT2D eigenvalue weighted by atomic mass is 79.9. The molecule has 0 atom stereocenters. The number of benzene rings is 1. The van der Waals surface area contributed by atoms with Gasteiger partial charge in [-0.25, -0.2) is 0 Å². The molecule has 1 aromatic carbocycles. The molecule has 0 saturated heterocycles. The third-order valence-electron chi connectivity index (χ3n) is 2.93. The van der Waals surface area contributed by atoms with E-state index in [1.165, 1.54) is 0 Å². The van der Waals surface area contributed by atoms with Crippen molar-refractivity contribution in [1.82, 2.24) is 4.57 Å². The van der Waals surface area contributed by atoms with E-state index in [-0.39, 0.29) is 15.7 Å². The zero-order chi connectivity index (χ0) is 16.5. The van der Waals surface area contributed by atoms with E-state index in [9.17, 15) is 18.4 Å². The average Bonchev–Trinajstić information content (AvgIpc) is 2.72. The molecule has 2 rings (SSSR count). The second-order valence-corrected chi connectivity index (χ2v) is 5.96. The van der Waals surface area contributed by atoms with Crippen LogP contribution in [0, 0.1) is 22.7 Å². The molecule has 8 heteroatoms. The molecular formula is C14H6Br2F3N3. The lowest BCUT2D eigenvalue weighted by Gasteiger charge is -2.12. The summed E-state index contributed by atoms with van der Waals surface area (Å²) in [6, 6.07) is 9.96. The van der Waals surface area contributed by atoms with Gasteiger partial charge in [0.25, 0.3) is 0 Å². The van der Waals surface area contributed by atoms with Crippen LogP contribution in [0.25, 0.3) is 11.3 Å². The minimum atomic E-state index is -4.69. The van der Waals surface area contributed by atoms with Gasteiger partial charge in [-0.05, 0) is 33.6 Å². The van der Waals surface area contributed by atoms with Gasteiger partial charge < -0.3 is 4.57 Å². The smallest absolute Gasteiger partial charge is 0.321 e. The van der Waals surface area contributed by atoms with Gasteiger partial charge in [-0.1, -0.05) is 28.1 Å². The summed E-state index contributed by atoms with van der Waals surface area (Å²) in [6.07, 6.45) is -4.69. The monoisotopic (exact) mass is 431 g/mol. The summed E-state index contributed by atoms with van der Waals surface area (Å²) in [5.74, 6) is 0. The van der Waals surface area contributed by atoms with E-state index in [1.54, 1.807) is 36.4 Å². The first-order valence-electron chi connectivity index (χ1n) is 5.83. The third-order valence-corrected chi connectivity index (χ3v) is 4.23. The second kappa shape index (κ2) is 6.15. The Bertz CT molecular complexity index is 793. The fourth-order valence-corrected chi connectivity index (χ4v) is 3.08. The van der Waals surface area contributed by atoms with Gasteiger partial charge in [0, 0.05) is 4.47 Å². The fraction of sp³-hybridized carbons (Fsp3) is 0.143. The molecule has 112 valence electrons. The molecule has 0 amide bonds. The van der Waals surface area contributed by atoms with Crippen LogP contribution in [0.1, 0.15) is 11.3 Å². The molecule has 22 heavy (non-hydrogen) atoms. The Labute approximate surface area is 140 Å². The van der Waals surface area contributed by atoms with E-state index < -0.39 is 18.4 Å². The van der Waals surface area contributed by atoms with E-state index in [2.05, 4.69) is 31.9 Å². The first kappa shape index (κ1) is 16.6. The molecule has 0 aliphatic carbocycles. The Kier molecular flexibility index (Phi) is 4.64. The number of nitriles is 2. The molecular weight excluding hydrogens is 427 g/mol. The van der Waals surface area contributed by atoms with E-state index in [1.807, 2.05) is 0 Å². The molecule has 0 unspecified atom stereocenters. The number of rotatable bonds is 2. The molecule has 0 N–H and O–H groups in total. The number of aromatic nitrogens is 1. The molecule has 0 saturated carbocycles. The molecule has 0 fully saturated rings. The summed E-state index contributed by atoms with van der Waals surface area (Å²) >= 11 is 6.09. The minimum absolute atomic E-state index is 0.0655. The third kappa shape index (κ3) is 2.90. The predicted molar refractivity (Wildman–Crippen MR) is 80.6 cm³/mol. The summed E-state index contributed by atoms with van der Waals surface area (Å²) in [6.45, 7) is -0.513. The molecule has 0 radical (unpaired) electrons. The van der Waals surface area contributed by atoms with Crippen molar-refractivity contribution in [3.63, 3.8) is 0 Å². The number of alkyl halides is 3.